The summed E-state index contributed by atoms with van der Waals surface area (Å²) in [5.74, 6) is -4.43. The maximum atomic E-state index is 13.9. The Morgan fingerprint density at radius 1 is 0.889 bits per heavy atom. The number of halogens is 3. The molecule has 0 aromatic heterocycles. The predicted molar refractivity (Wildman–Crippen MR) is 122 cm³/mol. The number of imide groups is 1. The Bertz CT molecular complexity index is 1380. The Labute approximate surface area is 204 Å². The second-order valence-electron chi connectivity index (χ2n) is 10.5. The molecule has 184 valence electrons. The molecule has 0 spiro atoms. The summed E-state index contributed by atoms with van der Waals surface area (Å²) < 4.78 is 39.8. The van der Waals surface area contributed by atoms with Crippen molar-refractivity contribution in [1.82, 2.24) is 5.32 Å². The normalized spacial score (nSPS) is 33.2. The summed E-state index contributed by atoms with van der Waals surface area (Å²) in [5, 5.41) is 2.40. The van der Waals surface area contributed by atoms with Crippen LogP contribution in [0.15, 0.2) is 60.2 Å². The van der Waals surface area contributed by atoms with Gasteiger partial charge in [0.2, 0.25) is 11.8 Å². The summed E-state index contributed by atoms with van der Waals surface area (Å²) in [6.07, 6.45) is -2.14. The quantitative estimate of drug-likeness (QED) is 0.460. The van der Waals surface area contributed by atoms with Crippen molar-refractivity contribution in [2.24, 2.45) is 29.1 Å². The number of hydrogen-bond acceptors (Lipinski definition) is 4. The number of hydrogen-bond donors (Lipinski definition) is 1. The van der Waals surface area contributed by atoms with Gasteiger partial charge in [0.25, 0.3) is 0 Å². The number of ketones is 2. The van der Waals surface area contributed by atoms with Gasteiger partial charge in [-0.2, -0.15) is 13.2 Å². The van der Waals surface area contributed by atoms with Gasteiger partial charge in [0, 0.05) is 28.4 Å². The van der Waals surface area contributed by atoms with Gasteiger partial charge in [0.1, 0.15) is 0 Å². The maximum Gasteiger partial charge on any atom is 0.416 e. The van der Waals surface area contributed by atoms with Gasteiger partial charge in [-0.05, 0) is 36.5 Å². The fourth-order valence-electron chi connectivity index (χ4n) is 7.04. The number of nitrogens with one attached hydrogen (secondary N) is 1. The monoisotopic (exact) mass is 493 g/mol. The highest BCUT2D eigenvalue weighted by atomic mass is 19.4. The van der Waals surface area contributed by atoms with Crippen molar-refractivity contribution in [3.8, 4) is 0 Å². The smallest absolute Gasteiger partial charge is 0.296 e. The molecule has 1 saturated heterocycles. The molecule has 1 aliphatic heterocycles. The fraction of sp³-hybridized carbons (Fsp3) is 0.357. The molecule has 0 radical (unpaired) electrons. The third-order valence-corrected chi connectivity index (χ3v) is 8.65. The Balaban J connectivity index is 1.56. The molecule has 6 rings (SSSR count). The van der Waals surface area contributed by atoms with Crippen LogP contribution in [0.1, 0.15) is 57.5 Å². The Morgan fingerprint density at radius 3 is 2.22 bits per heavy atom. The van der Waals surface area contributed by atoms with Crippen molar-refractivity contribution < 1.29 is 32.3 Å². The van der Waals surface area contributed by atoms with Crippen LogP contribution in [-0.4, -0.2) is 23.4 Å². The summed E-state index contributed by atoms with van der Waals surface area (Å²) in [7, 11) is 0. The maximum absolute atomic E-state index is 13.9. The van der Waals surface area contributed by atoms with Gasteiger partial charge in [0.15, 0.2) is 11.6 Å². The lowest BCUT2D eigenvalue weighted by atomic mass is 9.47. The van der Waals surface area contributed by atoms with Crippen LogP contribution in [-0.2, 0) is 15.8 Å². The summed E-state index contributed by atoms with van der Waals surface area (Å²) in [6, 6.07) is 11.3. The minimum atomic E-state index is -4.52. The number of rotatable bonds is 1. The molecular weight excluding hydrogens is 471 g/mol. The molecule has 3 aliphatic carbocycles. The molecule has 2 aromatic carbocycles. The molecule has 2 fully saturated rings. The van der Waals surface area contributed by atoms with Crippen molar-refractivity contribution in [3.63, 3.8) is 0 Å². The van der Waals surface area contributed by atoms with Gasteiger partial charge < -0.3 is 0 Å². The molecule has 1 heterocycles. The van der Waals surface area contributed by atoms with E-state index in [0.717, 1.165) is 17.7 Å². The summed E-state index contributed by atoms with van der Waals surface area (Å²) in [4.78, 5) is 53.1. The minimum Gasteiger partial charge on any atom is -0.296 e. The first kappa shape index (κ1) is 22.9. The van der Waals surface area contributed by atoms with Crippen molar-refractivity contribution in [2.75, 3.05) is 0 Å². The highest BCUT2D eigenvalue weighted by molar-refractivity contribution is 6.18. The fourth-order valence-corrected chi connectivity index (χ4v) is 7.04. The number of amides is 2. The van der Waals surface area contributed by atoms with Crippen LogP contribution in [0, 0.1) is 29.1 Å². The van der Waals surface area contributed by atoms with E-state index in [-0.39, 0.29) is 23.9 Å². The van der Waals surface area contributed by atoms with E-state index in [9.17, 15) is 32.3 Å². The van der Waals surface area contributed by atoms with Crippen LogP contribution in [0.2, 0.25) is 0 Å². The second-order valence-corrected chi connectivity index (χ2v) is 10.5. The van der Waals surface area contributed by atoms with Crippen LogP contribution in [0.25, 0.3) is 0 Å². The largest absolute Gasteiger partial charge is 0.416 e. The van der Waals surface area contributed by atoms with Gasteiger partial charge in [-0.1, -0.05) is 55.0 Å². The highest BCUT2D eigenvalue weighted by Gasteiger charge is 2.62. The Morgan fingerprint density at radius 2 is 1.56 bits per heavy atom. The lowest BCUT2D eigenvalue weighted by molar-refractivity contribution is -0.137. The van der Waals surface area contributed by atoms with Crippen molar-refractivity contribution in [3.05, 3.63) is 82.4 Å². The number of carbonyl (C=O) groups is 4. The lowest BCUT2D eigenvalue weighted by Gasteiger charge is -2.53. The lowest BCUT2D eigenvalue weighted by Crippen LogP contribution is -2.55. The van der Waals surface area contributed by atoms with E-state index in [0.29, 0.717) is 23.1 Å². The standard InChI is InChI=1S/C28H22F3NO4/c1-27-12-19-15(10-11-18-21(19)26(36)32-25(18)35)20(13-6-8-14(9-7-13)28(29,30)31)22(27)23(33)16-4-2-3-5-17(16)24(27)34/h2-10,18-22H,11-12H2,1H3,(H,32,35,36)/t18-,19+,20-,21-,22+,27+/m0/s1. The number of Topliss-reactive ketones (excluding diaryl/α,β-unsaturated/α-hetero) is 2. The molecule has 6 atom stereocenters. The van der Waals surface area contributed by atoms with Gasteiger partial charge in [-0.25, -0.2) is 0 Å². The number of benzene rings is 2. The molecule has 8 heteroatoms. The number of alkyl halides is 3. The molecule has 0 bridgehead atoms. The first-order valence-electron chi connectivity index (χ1n) is 11.9. The van der Waals surface area contributed by atoms with E-state index in [1.807, 2.05) is 6.08 Å². The molecule has 4 aliphatic rings. The molecule has 1 N–H and O–H groups in total. The average molecular weight is 493 g/mol. The van der Waals surface area contributed by atoms with Gasteiger partial charge in [0.05, 0.1) is 17.4 Å². The van der Waals surface area contributed by atoms with Gasteiger partial charge >= 0.3 is 6.18 Å². The molecule has 0 unspecified atom stereocenters. The molecule has 5 nitrogen and oxygen atoms in total. The van der Waals surface area contributed by atoms with E-state index in [4.69, 9.17) is 0 Å². The second kappa shape index (κ2) is 7.48. The number of carbonyl (C=O) groups excluding carboxylic acids is 4. The predicted octanol–water partition coefficient (Wildman–Crippen LogP) is 4.73. The molecular formula is C28H22F3NO4. The van der Waals surface area contributed by atoms with Crippen molar-refractivity contribution in [2.45, 2.75) is 31.9 Å². The number of allylic oxidation sites excluding steroid dienone is 2. The number of fused-ring (bicyclic) bond motifs is 5. The summed E-state index contributed by atoms with van der Waals surface area (Å²) in [5.41, 5.74) is -0.129. The van der Waals surface area contributed by atoms with Crippen LogP contribution in [0.3, 0.4) is 0 Å². The van der Waals surface area contributed by atoms with Gasteiger partial charge in [-0.3, -0.25) is 24.5 Å². The van der Waals surface area contributed by atoms with E-state index >= 15 is 0 Å². The average Bonchev–Trinajstić information content (AvgIpc) is 3.14. The molecule has 2 aromatic rings. The van der Waals surface area contributed by atoms with Crippen molar-refractivity contribution >= 4 is 23.4 Å². The Kier molecular flexibility index (Phi) is 4.75. The van der Waals surface area contributed by atoms with Crippen molar-refractivity contribution in [1.29, 1.82) is 0 Å². The summed E-state index contributed by atoms with van der Waals surface area (Å²) >= 11 is 0. The van der Waals surface area contributed by atoms with E-state index in [1.54, 1.807) is 31.2 Å². The van der Waals surface area contributed by atoms with Crippen LogP contribution in [0.4, 0.5) is 13.2 Å². The third-order valence-electron chi connectivity index (χ3n) is 8.65. The first-order valence-corrected chi connectivity index (χ1v) is 11.9. The highest BCUT2D eigenvalue weighted by Crippen LogP contribution is 2.61. The molecule has 36 heavy (non-hydrogen) atoms. The summed E-state index contributed by atoms with van der Waals surface area (Å²) in [6.45, 7) is 1.72. The van der Waals surface area contributed by atoms with E-state index in [1.165, 1.54) is 12.1 Å². The SMILES string of the molecule is C[C@@]12C[C@@H]3C(=CC[C@@H]4C(=O)NC(=O)[C@@H]43)[C@H](c3ccc(C(F)(F)F)cc3)[C@@H]1C(=O)c1ccccc1C2=O. The van der Waals surface area contributed by atoms with Crippen LogP contribution >= 0.6 is 0 Å². The zero-order chi connectivity index (χ0) is 25.6. The Hall–Kier alpha value is -3.55. The third kappa shape index (κ3) is 3.02. The first-order chi connectivity index (χ1) is 17.0. The van der Waals surface area contributed by atoms with Crippen LogP contribution in [0.5, 0.6) is 0 Å². The minimum absolute atomic E-state index is 0.210. The molecule has 1 saturated carbocycles. The van der Waals surface area contributed by atoms with Gasteiger partial charge in [-0.15, -0.1) is 0 Å². The van der Waals surface area contributed by atoms with E-state index < -0.39 is 52.7 Å². The molecule has 2 amide bonds. The zero-order valence-corrected chi connectivity index (χ0v) is 19.3. The topological polar surface area (TPSA) is 80.3 Å². The van der Waals surface area contributed by atoms with E-state index in [2.05, 4.69) is 5.32 Å². The van der Waals surface area contributed by atoms with Crippen LogP contribution < -0.4 is 5.32 Å². The zero-order valence-electron chi connectivity index (χ0n) is 19.3.